The van der Waals surface area contributed by atoms with Crippen molar-refractivity contribution in [1.82, 2.24) is 19.1 Å². The van der Waals surface area contributed by atoms with E-state index < -0.39 is 27.1 Å². The molecular weight excluding hydrogens is 511 g/mol. The predicted octanol–water partition coefficient (Wildman–Crippen LogP) is 2.48. The van der Waals surface area contributed by atoms with E-state index >= 15 is 0 Å². The van der Waals surface area contributed by atoms with Crippen molar-refractivity contribution in [3.8, 4) is 0 Å². The van der Waals surface area contributed by atoms with Crippen molar-refractivity contribution in [2.24, 2.45) is 0 Å². The maximum Gasteiger partial charge on any atom is 0.339 e. The number of halogens is 2. The monoisotopic (exact) mass is 539 g/mol. The van der Waals surface area contributed by atoms with Crippen LogP contribution >= 0.6 is 11.6 Å². The van der Waals surface area contributed by atoms with E-state index in [1.165, 1.54) is 32.4 Å². The zero-order valence-electron chi connectivity index (χ0n) is 20.1. The van der Waals surface area contributed by atoms with Crippen molar-refractivity contribution in [3.63, 3.8) is 0 Å². The average Bonchev–Trinajstić information content (AvgIpc) is 2.83. The molecule has 2 saturated heterocycles. The SMILES string of the molecule is COC(=O)c1ccc(CNS(=O)(=O)C2CC[N+](c3ccc(F)c(Cl)c3)(C3CN(C(C)=O)C3)CC2)nc1. The van der Waals surface area contributed by atoms with E-state index in [-0.39, 0.29) is 29.1 Å². The number of hydrogen-bond acceptors (Lipinski definition) is 6. The van der Waals surface area contributed by atoms with Crippen LogP contribution in [0, 0.1) is 5.82 Å². The zero-order chi connectivity index (χ0) is 26.1. The van der Waals surface area contributed by atoms with Crippen LogP contribution < -0.4 is 9.21 Å². The Balaban J connectivity index is 1.45. The van der Waals surface area contributed by atoms with Gasteiger partial charge < -0.3 is 9.64 Å². The van der Waals surface area contributed by atoms with Crippen LogP contribution in [0.5, 0.6) is 0 Å². The van der Waals surface area contributed by atoms with Crippen LogP contribution in [0.3, 0.4) is 0 Å². The molecule has 0 atom stereocenters. The number of amides is 1. The number of methoxy groups -OCH3 is 1. The van der Waals surface area contributed by atoms with E-state index in [0.29, 0.717) is 49.2 Å². The fraction of sp³-hybridized carbons (Fsp3) is 0.458. The molecule has 1 amide bonds. The number of carbonyl (C=O) groups is 2. The number of hydrogen-bond donors (Lipinski definition) is 1. The number of ether oxygens (including phenoxy) is 1. The van der Waals surface area contributed by atoms with Crippen LogP contribution in [0.2, 0.25) is 5.02 Å². The van der Waals surface area contributed by atoms with Crippen LogP contribution in [-0.2, 0) is 26.1 Å². The summed E-state index contributed by atoms with van der Waals surface area (Å²) in [4.78, 5) is 29.2. The average molecular weight is 540 g/mol. The third-order valence-electron chi connectivity index (χ3n) is 7.26. The summed E-state index contributed by atoms with van der Waals surface area (Å²) in [5.41, 5.74) is 1.59. The van der Waals surface area contributed by atoms with Gasteiger partial charge in [-0.15, -0.1) is 0 Å². The maximum atomic E-state index is 13.9. The molecule has 0 bridgehead atoms. The van der Waals surface area contributed by atoms with Gasteiger partial charge in [-0.3, -0.25) is 14.3 Å². The van der Waals surface area contributed by atoms with Gasteiger partial charge in [-0.1, -0.05) is 11.6 Å². The normalized spacial score (nSPS) is 22.7. The molecule has 12 heteroatoms. The van der Waals surface area contributed by atoms with Gasteiger partial charge >= 0.3 is 5.97 Å². The van der Waals surface area contributed by atoms with E-state index in [0.717, 1.165) is 5.69 Å². The molecule has 36 heavy (non-hydrogen) atoms. The lowest BCUT2D eigenvalue weighted by atomic mass is 9.95. The summed E-state index contributed by atoms with van der Waals surface area (Å²) in [5, 5.41) is -0.576. The second-order valence-electron chi connectivity index (χ2n) is 9.25. The second kappa shape index (κ2) is 10.4. The lowest BCUT2D eigenvalue weighted by molar-refractivity contribution is -0.136. The number of nitrogens with one attached hydrogen (secondary N) is 1. The molecule has 0 saturated carbocycles. The van der Waals surface area contributed by atoms with E-state index in [2.05, 4.69) is 14.4 Å². The van der Waals surface area contributed by atoms with Crippen LogP contribution in [0.4, 0.5) is 10.1 Å². The molecule has 0 aliphatic carbocycles. The number of aromatic nitrogens is 1. The first-order valence-corrected chi connectivity index (χ1v) is 13.6. The summed E-state index contributed by atoms with van der Waals surface area (Å²) in [5.74, 6) is -1.03. The number of pyridine rings is 1. The third-order valence-corrected chi connectivity index (χ3v) is 9.45. The smallest absolute Gasteiger partial charge is 0.339 e. The molecule has 1 aromatic heterocycles. The first-order valence-electron chi connectivity index (χ1n) is 11.7. The van der Waals surface area contributed by atoms with Gasteiger partial charge in [0.25, 0.3) is 0 Å². The number of carbonyl (C=O) groups excluding carboxylic acids is 2. The Morgan fingerprint density at radius 3 is 2.47 bits per heavy atom. The minimum atomic E-state index is -3.64. The van der Waals surface area contributed by atoms with Gasteiger partial charge in [0.2, 0.25) is 15.9 Å². The largest absolute Gasteiger partial charge is 0.465 e. The van der Waals surface area contributed by atoms with Crippen molar-refractivity contribution < 1.29 is 27.1 Å². The topological polar surface area (TPSA) is 106 Å². The number of quaternary nitrogens is 1. The van der Waals surface area contributed by atoms with Crippen molar-refractivity contribution in [2.75, 3.05) is 33.3 Å². The molecule has 0 unspecified atom stereocenters. The van der Waals surface area contributed by atoms with Gasteiger partial charge in [-0.2, -0.15) is 0 Å². The first-order chi connectivity index (χ1) is 17.1. The van der Waals surface area contributed by atoms with Gasteiger partial charge in [0.05, 0.1) is 61.4 Å². The highest BCUT2D eigenvalue weighted by molar-refractivity contribution is 7.90. The molecule has 3 heterocycles. The summed E-state index contributed by atoms with van der Waals surface area (Å²) in [6.07, 6.45) is 2.14. The molecule has 1 aromatic carbocycles. The minimum Gasteiger partial charge on any atom is -0.465 e. The highest BCUT2D eigenvalue weighted by atomic mass is 35.5. The van der Waals surface area contributed by atoms with E-state index in [1.807, 2.05) is 0 Å². The number of benzene rings is 1. The number of esters is 1. The molecule has 0 spiro atoms. The maximum absolute atomic E-state index is 13.9. The minimum absolute atomic E-state index is 0.00331. The van der Waals surface area contributed by atoms with E-state index in [4.69, 9.17) is 11.6 Å². The van der Waals surface area contributed by atoms with Gasteiger partial charge in [0.15, 0.2) is 0 Å². The van der Waals surface area contributed by atoms with Crippen LogP contribution in [-0.4, -0.2) is 74.8 Å². The van der Waals surface area contributed by atoms with E-state index in [9.17, 15) is 22.4 Å². The summed E-state index contributed by atoms with van der Waals surface area (Å²) < 4.78 is 47.8. The number of piperidine rings is 1. The Morgan fingerprint density at radius 1 is 1.22 bits per heavy atom. The Labute approximate surface area is 214 Å². The number of sulfonamides is 1. The Bertz CT molecular complexity index is 1240. The van der Waals surface area contributed by atoms with Crippen LogP contribution in [0.25, 0.3) is 0 Å². The predicted molar refractivity (Wildman–Crippen MR) is 133 cm³/mol. The summed E-state index contributed by atoms with van der Waals surface area (Å²) in [6.45, 7) is 3.70. The molecule has 1 N–H and O–H groups in total. The van der Waals surface area contributed by atoms with Gasteiger partial charge in [-0.25, -0.2) is 22.3 Å². The highest BCUT2D eigenvalue weighted by Crippen LogP contribution is 2.38. The van der Waals surface area contributed by atoms with Gasteiger partial charge in [0.1, 0.15) is 17.5 Å². The number of likely N-dealkylation sites (tertiary alicyclic amines) is 2. The third kappa shape index (κ3) is 5.24. The molecular formula is C24H29ClFN4O5S+. The molecule has 2 aliphatic rings. The molecule has 4 rings (SSSR count). The van der Waals surface area contributed by atoms with Crippen molar-refractivity contribution in [2.45, 2.75) is 37.6 Å². The fourth-order valence-corrected chi connectivity index (χ4v) is 6.59. The van der Waals surface area contributed by atoms with Gasteiger partial charge in [-0.05, 0) is 18.2 Å². The molecule has 2 aliphatic heterocycles. The molecule has 194 valence electrons. The highest BCUT2D eigenvalue weighted by Gasteiger charge is 2.50. The zero-order valence-corrected chi connectivity index (χ0v) is 21.7. The lowest BCUT2D eigenvalue weighted by Gasteiger charge is -2.54. The molecule has 9 nitrogen and oxygen atoms in total. The number of rotatable bonds is 7. The summed E-state index contributed by atoms with van der Waals surface area (Å²) in [6, 6.07) is 7.85. The Morgan fingerprint density at radius 2 is 1.92 bits per heavy atom. The molecule has 0 radical (unpaired) electrons. The molecule has 2 fully saturated rings. The van der Waals surface area contributed by atoms with Crippen LogP contribution in [0.1, 0.15) is 35.8 Å². The van der Waals surface area contributed by atoms with Crippen molar-refractivity contribution in [3.05, 3.63) is 58.6 Å². The van der Waals surface area contributed by atoms with Crippen molar-refractivity contribution in [1.29, 1.82) is 0 Å². The second-order valence-corrected chi connectivity index (χ2v) is 11.7. The van der Waals surface area contributed by atoms with Gasteiger partial charge in [0, 0.05) is 38.1 Å². The Kier molecular flexibility index (Phi) is 7.65. The first kappa shape index (κ1) is 26.5. The standard InChI is InChI=1S/C24H29ClFN4O5S/c1-16(31)29-14-20(15-29)30(19-5-6-23(26)22(25)11-19)9-7-21(8-10-30)36(33,34)28-13-18-4-3-17(12-27-18)24(32)35-2/h3-6,11-12,20-21,28H,7-10,13-15H2,1-2H3/q+1. The summed E-state index contributed by atoms with van der Waals surface area (Å²) in [7, 11) is -2.37. The summed E-state index contributed by atoms with van der Waals surface area (Å²) >= 11 is 6.09. The van der Waals surface area contributed by atoms with Crippen LogP contribution in [0.15, 0.2) is 36.5 Å². The fourth-order valence-electron chi connectivity index (χ4n) is 5.00. The van der Waals surface area contributed by atoms with E-state index in [1.54, 1.807) is 23.1 Å². The quantitative estimate of drug-likeness (QED) is 0.428. The lowest BCUT2D eigenvalue weighted by Crippen LogP contribution is -2.73. The number of nitrogens with zero attached hydrogens (tertiary/aromatic N) is 3. The van der Waals surface area contributed by atoms with Crippen molar-refractivity contribution >= 4 is 39.2 Å². The molecule has 2 aromatic rings. The Hall–Kier alpha value is -2.60.